The minimum atomic E-state index is -4.46. The minimum Gasteiger partial charge on any atom is -0.493 e. The molecule has 2 aromatic carbocycles. The van der Waals surface area contributed by atoms with E-state index in [1.807, 2.05) is 30.3 Å². The minimum absolute atomic E-state index is 0.124. The first-order chi connectivity index (χ1) is 18.7. The Bertz CT molecular complexity index is 1670. The van der Waals surface area contributed by atoms with Crippen LogP contribution in [0.3, 0.4) is 0 Å². The fraction of sp³-hybridized carbons (Fsp3) is 0.276. The number of aromatic hydroxyl groups is 1. The highest BCUT2D eigenvalue weighted by Gasteiger charge is 2.34. The average Bonchev–Trinajstić information content (AvgIpc) is 3.72. The molecule has 0 amide bonds. The first-order valence-electron chi connectivity index (χ1n) is 12.6. The fourth-order valence-electron chi connectivity index (χ4n) is 4.76. The van der Waals surface area contributed by atoms with Crippen LogP contribution in [0.1, 0.15) is 36.0 Å². The molecule has 0 saturated heterocycles. The van der Waals surface area contributed by atoms with Gasteiger partial charge in [0.05, 0.1) is 17.5 Å². The van der Waals surface area contributed by atoms with Gasteiger partial charge in [-0.25, -0.2) is 13.4 Å². The molecule has 0 spiro atoms. The van der Waals surface area contributed by atoms with E-state index >= 15 is 0 Å². The van der Waals surface area contributed by atoms with Gasteiger partial charge in [-0.05, 0) is 61.1 Å². The largest absolute Gasteiger partial charge is 0.493 e. The number of halogens is 1. The molecule has 0 bridgehead atoms. The second-order valence-corrected chi connectivity index (χ2v) is 11.6. The van der Waals surface area contributed by atoms with Crippen molar-refractivity contribution in [2.45, 2.75) is 42.0 Å². The number of methoxy groups -OCH3 is 1. The van der Waals surface area contributed by atoms with Crippen LogP contribution in [0.2, 0.25) is 0 Å². The Morgan fingerprint density at radius 3 is 2.36 bits per heavy atom. The highest BCUT2D eigenvalue weighted by molar-refractivity contribution is 7.91. The number of nitrogens with zero attached hydrogens (tertiary/aromatic N) is 3. The summed E-state index contributed by atoms with van der Waals surface area (Å²) in [5.41, 5.74) is 1.48. The van der Waals surface area contributed by atoms with Gasteiger partial charge in [0.2, 0.25) is 21.7 Å². The Kier molecular flexibility index (Phi) is 7.33. The normalized spacial score (nSPS) is 14.3. The molecular formula is C29H28FN3O5S. The molecule has 1 unspecified atom stereocenters. The average molecular weight is 550 g/mol. The van der Waals surface area contributed by atoms with Crippen LogP contribution in [0.5, 0.6) is 5.88 Å². The molecule has 1 atom stereocenters. The predicted octanol–water partition coefficient (Wildman–Crippen LogP) is 4.48. The molecule has 202 valence electrons. The number of pyridine rings is 1. The Hall–Kier alpha value is -3.89. The zero-order chi connectivity index (χ0) is 27.7. The maximum atomic E-state index is 13.7. The van der Waals surface area contributed by atoms with Crippen molar-refractivity contribution in [3.63, 3.8) is 0 Å². The van der Waals surface area contributed by atoms with E-state index in [0.29, 0.717) is 35.0 Å². The van der Waals surface area contributed by atoms with Gasteiger partial charge in [-0.2, -0.15) is 9.37 Å². The summed E-state index contributed by atoms with van der Waals surface area (Å²) in [4.78, 5) is 20.2. The van der Waals surface area contributed by atoms with Crippen LogP contribution < -0.4 is 5.56 Å². The third-order valence-corrected chi connectivity index (χ3v) is 8.71. The van der Waals surface area contributed by atoms with Gasteiger partial charge in [0, 0.05) is 24.8 Å². The van der Waals surface area contributed by atoms with Gasteiger partial charge in [-0.3, -0.25) is 9.36 Å². The monoisotopic (exact) mass is 549 g/mol. The van der Waals surface area contributed by atoms with Crippen LogP contribution in [0.25, 0.3) is 11.1 Å². The molecule has 1 saturated carbocycles. The Balaban J connectivity index is 1.63. The van der Waals surface area contributed by atoms with Gasteiger partial charge < -0.3 is 9.84 Å². The van der Waals surface area contributed by atoms with Crippen LogP contribution in [-0.2, 0) is 21.0 Å². The molecule has 0 aliphatic heterocycles. The summed E-state index contributed by atoms with van der Waals surface area (Å²) in [6.45, 7) is 1.78. The predicted molar refractivity (Wildman–Crippen MR) is 143 cm³/mol. The number of aromatic nitrogens is 3. The summed E-state index contributed by atoms with van der Waals surface area (Å²) >= 11 is 0. The fourth-order valence-corrected chi connectivity index (χ4v) is 6.10. The first kappa shape index (κ1) is 26.7. The molecule has 4 aromatic rings. The van der Waals surface area contributed by atoms with Crippen molar-refractivity contribution in [1.82, 2.24) is 14.5 Å². The molecule has 10 heteroatoms. The number of sulfone groups is 1. The number of hydrogen-bond donors (Lipinski definition) is 1. The Morgan fingerprint density at radius 1 is 1.05 bits per heavy atom. The summed E-state index contributed by atoms with van der Waals surface area (Å²) in [6.07, 6.45) is 2.40. The van der Waals surface area contributed by atoms with Crippen LogP contribution >= 0.6 is 0 Å². The van der Waals surface area contributed by atoms with Crippen LogP contribution in [0.4, 0.5) is 4.39 Å². The van der Waals surface area contributed by atoms with Crippen molar-refractivity contribution < 1.29 is 22.7 Å². The summed E-state index contributed by atoms with van der Waals surface area (Å²) in [5.74, 6) is -0.637. The first-order valence-corrected chi connectivity index (χ1v) is 14.1. The maximum Gasteiger partial charge on any atom is 0.296 e. The number of hydrogen-bond acceptors (Lipinski definition) is 7. The van der Waals surface area contributed by atoms with E-state index in [1.54, 1.807) is 25.1 Å². The van der Waals surface area contributed by atoms with Crippen molar-refractivity contribution in [3.8, 4) is 17.0 Å². The highest BCUT2D eigenvalue weighted by atomic mass is 32.2. The third-order valence-electron chi connectivity index (χ3n) is 6.92. The molecule has 8 nitrogen and oxygen atoms in total. The van der Waals surface area contributed by atoms with E-state index in [9.17, 15) is 22.7 Å². The van der Waals surface area contributed by atoms with E-state index in [4.69, 9.17) is 4.74 Å². The molecule has 1 aliphatic rings. The van der Waals surface area contributed by atoms with Crippen LogP contribution in [0.15, 0.2) is 81.3 Å². The van der Waals surface area contributed by atoms with E-state index in [-0.39, 0.29) is 11.5 Å². The summed E-state index contributed by atoms with van der Waals surface area (Å²) in [6, 6.07) is 17.2. The Morgan fingerprint density at radius 2 is 1.74 bits per heavy atom. The zero-order valence-corrected chi connectivity index (χ0v) is 22.4. The number of rotatable bonds is 9. The number of ether oxygens (including phenoxy) is 1. The Labute approximate surface area is 225 Å². The van der Waals surface area contributed by atoms with E-state index in [0.717, 1.165) is 18.4 Å². The molecule has 5 rings (SSSR count). The molecular weight excluding hydrogens is 521 g/mol. The van der Waals surface area contributed by atoms with Crippen molar-refractivity contribution in [3.05, 3.63) is 100 Å². The number of benzene rings is 2. The van der Waals surface area contributed by atoms with Gasteiger partial charge in [0.25, 0.3) is 5.56 Å². The summed E-state index contributed by atoms with van der Waals surface area (Å²) in [5, 5.41) is 11.5. The summed E-state index contributed by atoms with van der Waals surface area (Å²) in [7, 11) is -2.95. The SMILES string of the molecule is COCC(c1ccccc1)n1c(CC2CC2)nc(=O)c(S(=O)(=O)c2ccc(-c3ccc(F)nc3C)cc2)c1O. The van der Waals surface area contributed by atoms with Crippen LogP contribution in [0, 0.1) is 18.8 Å². The van der Waals surface area contributed by atoms with E-state index in [1.165, 1.54) is 29.9 Å². The van der Waals surface area contributed by atoms with Gasteiger partial charge in [0.15, 0.2) is 4.90 Å². The van der Waals surface area contributed by atoms with Crippen LogP contribution in [-0.4, -0.2) is 41.8 Å². The lowest BCUT2D eigenvalue weighted by atomic mass is 10.1. The highest BCUT2D eigenvalue weighted by Crippen LogP contribution is 2.37. The summed E-state index contributed by atoms with van der Waals surface area (Å²) < 4.78 is 47.8. The quantitative estimate of drug-likeness (QED) is 0.307. The second-order valence-electron chi connectivity index (χ2n) is 9.68. The lowest BCUT2D eigenvalue weighted by Crippen LogP contribution is -2.29. The van der Waals surface area contributed by atoms with Crippen molar-refractivity contribution in [2.24, 2.45) is 5.92 Å². The smallest absolute Gasteiger partial charge is 0.296 e. The maximum absolute atomic E-state index is 13.7. The topological polar surface area (TPSA) is 111 Å². The van der Waals surface area contributed by atoms with Crippen molar-refractivity contribution in [2.75, 3.05) is 13.7 Å². The molecule has 1 N–H and O–H groups in total. The third kappa shape index (κ3) is 5.35. The molecule has 2 heterocycles. The molecule has 1 aliphatic carbocycles. The lowest BCUT2D eigenvalue weighted by molar-refractivity contribution is 0.161. The van der Waals surface area contributed by atoms with Gasteiger partial charge in [-0.15, -0.1) is 0 Å². The zero-order valence-electron chi connectivity index (χ0n) is 21.5. The van der Waals surface area contributed by atoms with E-state index < -0.39 is 38.2 Å². The van der Waals surface area contributed by atoms with E-state index in [2.05, 4.69) is 9.97 Å². The molecule has 2 aromatic heterocycles. The molecule has 1 fully saturated rings. The second kappa shape index (κ2) is 10.7. The van der Waals surface area contributed by atoms with Gasteiger partial charge in [0.1, 0.15) is 5.82 Å². The standard InChI is InChI=1S/C29H28FN3O5S/c1-18-23(14-15-25(30)31-18)20-10-12-22(13-11-20)39(36,37)27-28(34)32-26(16-19-8-9-19)33(29(27)35)24(17-38-2)21-6-4-3-5-7-21/h3-7,10-15,19,24,35H,8-9,16-17H2,1-2H3. The van der Waals surface area contributed by atoms with Gasteiger partial charge >= 0.3 is 0 Å². The van der Waals surface area contributed by atoms with Gasteiger partial charge in [-0.1, -0.05) is 42.5 Å². The number of aryl methyl sites for hydroxylation is 1. The van der Waals surface area contributed by atoms with Crippen molar-refractivity contribution >= 4 is 9.84 Å². The van der Waals surface area contributed by atoms with Crippen molar-refractivity contribution in [1.29, 1.82) is 0 Å². The lowest BCUT2D eigenvalue weighted by Gasteiger charge is -2.25. The molecule has 39 heavy (non-hydrogen) atoms. The molecule has 0 radical (unpaired) electrons.